The van der Waals surface area contributed by atoms with Crippen molar-refractivity contribution in [2.75, 3.05) is 7.11 Å². The van der Waals surface area contributed by atoms with Crippen LogP contribution in [0.4, 0.5) is 4.79 Å². The predicted octanol–water partition coefficient (Wildman–Crippen LogP) is 3.66. The average Bonchev–Trinajstić information content (AvgIpc) is 2.41. The van der Waals surface area contributed by atoms with Crippen LogP contribution in [-0.2, 0) is 4.74 Å². The molecule has 0 aromatic heterocycles. The second-order valence-corrected chi connectivity index (χ2v) is 3.20. The van der Waals surface area contributed by atoms with Gasteiger partial charge < -0.3 is 9.84 Å². The fraction of sp³-hybridized carbons (Fsp3) is 0.0714. The second-order valence-electron chi connectivity index (χ2n) is 3.20. The Morgan fingerprint density at radius 1 is 0.882 bits per heavy atom. The molecule has 0 bridgehead atoms. The van der Waals surface area contributed by atoms with Crippen LogP contribution < -0.4 is 0 Å². The van der Waals surface area contributed by atoms with Crippen molar-refractivity contribution >= 4 is 6.16 Å². The Bertz CT molecular complexity index is 400. The van der Waals surface area contributed by atoms with E-state index < -0.39 is 6.16 Å². The van der Waals surface area contributed by atoms with Gasteiger partial charge in [-0.25, -0.2) is 4.79 Å². The van der Waals surface area contributed by atoms with Crippen LogP contribution in [0.1, 0.15) is 0 Å². The quantitative estimate of drug-likeness (QED) is 0.760. The third kappa shape index (κ3) is 4.84. The summed E-state index contributed by atoms with van der Waals surface area (Å²) in [5.41, 5.74) is 2.55. The van der Waals surface area contributed by atoms with Crippen LogP contribution in [0.15, 0.2) is 60.7 Å². The first-order chi connectivity index (χ1) is 8.24. The van der Waals surface area contributed by atoms with E-state index in [1.165, 1.54) is 11.1 Å². The molecule has 0 spiro atoms. The Hall–Kier alpha value is -2.29. The molecule has 2 rings (SSSR count). The van der Waals surface area contributed by atoms with Crippen molar-refractivity contribution in [3.63, 3.8) is 0 Å². The molecule has 0 heterocycles. The molecule has 0 aliphatic heterocycles. The molecule has 88 valence electrons. The van der Waals surface area contributed by atoms with E-state index in [0.717, 1.165) is 7.11 Å². The molecule has 17 heavy (non-hydrogen) atoms. The molecular formula is C14H14O3. The fourth-order valence-electron chi connectivity index (χ4n) is 1.26. The predicted molar refractivity (Wildman–Crippen MR) is 66.9 cm³/mol. The zero-order chi connectivity index (χ0) is 12.5. The van der Waals surface area contributed by atoms with Crippen molar-refractivity contribution in [3.05, 3.63) is 60.7 Å². The molecule has 0 unspecified atom stereocenters. The number of methoxy groups -OCH3 is 1. The molecule has 2 aromatic carbocycles. The molecule has 2 aromatic rings. The summed E-state index contributed by atoms with van der Waals surface area (Å²) in [6.45, 7) is 0. The molecule has 3 heteroatoms. The van der Waals surface area contributed by atoms with E-state index in [-0.39, 0.29) is 0 Å². The summed E-state index contributed by atoms with van der Waals surface area (Å²) >= 11 is 0. The maximum Gasteiger partial charge on any atom is 0.505 e. The van der Waals surface area contributed by atoms with E-state index >= 15 is 0 Å². The van der Waals surface area contributed by atoms with Crippen molar-refractivity contribution in [3.8, 4) is 11.1 Å². The topological polar surface area (TPSA) is 46.5 Å². The third-order valence-corrected chi connectivity index (χ3v) is 2.06. The van der Waals surface area contributed by atoms with Gasteiger partial charge in [-0.05, 0) is 11.1 Å². The Labute approximate surface area is 100 Å². The van der Waals surface area contributed by atoms with Gasteiger partial charge in [-0.2, -0.15) is 0 Å². The van der Waals surface area contributed by atoms with E-state index in [1.807, 2.05) is 12.1 Å². The van der Waals surface area contributed by atoms with E-state index in [1.54, 1.807) is 0 Å². The maximum atomic E-state index is 9.15. The summed E-state index contributed by atoms with van der Waals surface area (Å²) in [4.78, 5) is 9.15. The first-order valence-corrected chi connectivity index (χ1v) is 5.11. The van der Waals surface area contributed by atoms with Crippen LogP contribution in [0, 0.1) is 0 Å². The van der Waals surface area contributed by atoms with Gasteiger partial charge >= 0.3 is 6.16 Å². The lowest BCUT2D eigenvalue weighted by molar-refractivity contribution is 0.114. The van der Waals surface area contributed by atoms with Crippen molar-refractivity contribution in [2.24, 2.45) is 0 Å². The summed E-state index contributed by atoms with van der Waals surface area (Å²) in [6, 6.07) is 20.8. The lowest BCUT2D eigenvalue weighted by Gasteiger charge is -1.98. The molecule has 0 aliphatic rings. The highest BCUT2D eigenvalue weighted by Crippen LogP contribution is 2.17. The monoisotopic (exact) mass is 230 g/mol. The number of carbonyl (C=O) groups is 1. The normalized spacial score (nSPS) is 8.76. The van der Waals surface area contributed by atoms with Gasteiger partial charge in [0.2, 0.25) is 0 Å². The highest BCUT2D eigenvalue weighted by Gasteiger charge is 1.91. The molecule has 0 saturated carbocycles. The van der Waals surface area contributed by atoms with Gasteiger partial charge in [-0.1, -0.05) is 60.7 Å². The van der Waals surface area contributed by atoms with Gasteiger partial charge in [0, 0.05) is 0 Å². The van der Waals surface area contributed by atoms with Crippen LogP contribution >= 0.6 is 0 Å². The van der Waals surface area contributed by atoms with Crippen LogP contribution in [0.25, 0.3) is 11.1 Å². The highest BCUT2D eigenvalue weighted by molar-refractivity contribution is 5.62. The van der Waals surface area contributed by atoms with Gasteiger partial charge in [0.25, 0.3) is 0 Å². The Kier molecular flexibility index (Phi) is 5.31. The first-order valence-electron chi connectivity index (χ1n) is 5.11. The Morgan fingerprint density at radius 2 is 1.18 bits per heavy atom. The van der Waals surface area contributed by atoms with Gasteiger partial charge in [0.05, 0.1) is 7.11 Å². The summed E-state index contributed by atoms with van der Waals surface area (Å²) in [6.07, 6.45) is -1.25. The minimum Gasteiger partial charge on any atom is -0.450 e. The van der Waals surface area contributed by atoms with Gasteiger partial charge in [-0.3, -0.25) is 0 Å². The summed E-state index contributed by atoms with van der Waals surface area (Å²) in [7, 11) is 1.10. The number of benzene rings is 2. The number of hydrogen-bond donors (Lipinski definition) is 1. The molecule has 0 atom stereocenters. The summed E-state index contributed by atoms with van der Waals surface area (Å²) < 4.78 is 3.67. The molecular weight excluding hydrogens is 216 g/mol. The number of rotatable bonds is 1. The molecule has 0 aliphatic carbocycles. The van der Waals surface area contributed by atoms with Crippen LogP contribution in [-0.4, -0.2) is 18.4 Å². The minimum atomic E-state index is -1.25. The molecule has 0 radical (unpaired) electrons. The number of carboxylic acid groups (broad SMARTS) is 1. The second kappa shape index (κ2) is 7.06. The number of hydrogen-bond acceptors (Lipinski definition) is 2. The van der Waals surface area contributed by atoms with Gasteiger partial charge in [0.1, 0.15) is 0 Å². The van der Waals surface area contributed by atoms with Crippen molar-refractivity contribution in [1.82, 2.24) is 0 Å². The lowest BCUT2D eigenvalue weighted by Crippen LogP contribution is -1.91. The summed E-state index contributed by atoms with van der Waals surface area (Å²) in [5, 5.41) is 7.50. The molecule has 1 N–H and O–H groups in total. The largest absolute Gasteiger partial charge is 0.505 e. The van der Waals surface area contributed by atoms with Crippen molar-refractivity contribution in [1.29, 1.82) is 0 Å². The molecule has 0 fully saturated rings. The number of ether oxygens (including phenoxy) is 1. The van der Waals surface area contributed by atoms with E-state index in [4.69, 9.17) is 9.90 Å². The Balaban J connectivity index is 0.000000249. The van der Waals surface area contributed by atoms with Crippen LogP contribution in [0.5, 0.6) is 0 Å². The van der Waals surface area contributed by atoms with Crippen molar-refractivity contribution < 1.29 is 14.6 Å². The van der Waals surface area contributed by atoms with Crippen LogP contribution in [0.2, 0.25) is 0 Å². The first kappa shape index (κ1) is 12.8. The Morgan fingerprint density at radius 3 is 1.41 bits per heavy atom. The third-order valence-electron chi connectivity index (χ3n) is 2.06. The van der Waals surface area contributed by atoms with Crippen LogP contribution in [0.3, 0.4) is 0 Å². The van der Waals surface area contributed by atoms with Crippen molar-refractivity contribution in [2.45, 2.75) is 0 Å². The minimum absolute atomic E-state index is 1.10. The highest BCUT2D eigenvalue weighted by atomic mass is 16.6. The molecule has 3 nitrogen and oxygen atoms in total. The van der Waals surface area contributed by atoms with Gasteiger partial charge in [-0.15, -0.1) is 0 Å². The van der Waals surface area contributed by atoms with Gasteiger partial charge in [0.15, 0.2) is 0 Å². The average molecular weight is 230 g/mol. The lowest BCUT2D eigenvalue weighted by atomic mass is 10.1. The zero-order valence-electron chi connectivity index (χ0n) is 9.54. The summed E-state index contributed by atoms with van der Waals surface area (Å²) in [5.74, 6) is 0. The van der Waals surface area contributed by atoms with E-state index in [9.17, 15) is 0 Å². The molecule has 0 amide bonds. The molecule has 0 saturated heterocycles. The fourth-order valence-corrected chi connectivity index (χ4v) is 1.26. The SMILES string of the molecule is COC(=O)O.c1ccc(-c2ccccc2)cc1. The standard InChI is InChI=1S/C12H10.C2H4O3/c1-3-7-11(8-4-1)12-9-5-2-6-10-12;1-5-2(3)4/h1-10H;1H3,(H,3,4). The zero-order valence-corrected chi connectivity index (χ0v) is 9.54. The van der Waals surface area contributed by atoms with E-state index in [2.05, 4.69) is 53.3 Å². The smallest absolute Gasteiger partial charge is 0.450 e. The van der Waals surface area contributed by atoms with E-state index in [0.29, 0.717) is 0 Å². The maximum absolute atomic E-state index is 9.15.